The molecule has 1 heterocycles. The average molecular weight is 259 g/mol. The summed E-state index contributed by atoms with van der Waals surface area (Å²) in [6.07, 6.45) is 0. The molecule has 0 bridgehead atoms. The van der Waals surface area contributed by atoms with E-state index in [0.717, 1.165) is 5.56 Å². The number of carbonyl (C=O) groups is 2. The van der Waals surface area contributed by atoms with E-state index in [9.17, 15) is 9.59 Å². The first-order valence-electron chi connectivity index (χ1n) is 5.54. The molecule has 92 valence electrons. The van der Waals surface area contributed by atoms with E-state index in [-0.39, 0.29) is 11.7 Å². The standard InChI is InChI=1S/C14H13NO2S/c1-9-6-7-18-13(9)14(17)15-12-5-3-4-11(8-12)10(2)16/h3-8H,1-2H3,(H,15,17). The lowest BCUT2D eigenvalue weighted by atomic mass is 10.1. The minimum atomic E-state index is -0.136. The van der Waals surface area contributed by atoms with Crippen molar-refractivity contribution in [2.45, 2.75) is 13.8 Å². The highest BCUT2D eigenvalue weighted by Crippen LogP contribution is 2.18. The number of anilines is 1. The molecule has 0 atom stereocenters. The third kappa shape index (κ3) is 2.65. The highest BCUT2D eigenvalue weighted by atomic mass is 32.1. The number of thiophene rings is 1. The maximum atomic E-state index is 12.0. The van der Waals surface area contributed by atoms with Crippen LogP contribution >= 0.6 is 11.3 Å². The first kappa shape index (κ1) is 12.5. The largest absolute Gasteiger partial charge is 0.321 e. The lowest BCUT2D eigenvalue weighted by Gasteiger charge is -2.05. The summed E-state index contributed by atoms with van der Waals surface area (Å²) in [5, 5.41) is 4.68. The Morgan fingerprint density at radius 3 is 2.61 bits per heavy atom. The van der Waals surface area contributed by atoms with Gasteiger partial charge >= 0.3 is 0 Å². The van der Waals surface area contributed by atoms with Crippen LogP contribution in [-0.4, -0.2) is 11.7 Å². The van der Waals surface area contributed by atoms with E-state index in [2.05, 4.69) is 5.32 Å². The predicted molar refractivity (Wildman–Crippen MR) is 73.5 cm³/mol. The molecule has 0 saturated heterocycles. The number of hydrogen-bond acceptors (Lipinski definition) is 3. The van der Waals surface area contributed by atoms with E-state index in [1.165, 1.54) is 18.3 Å². The topological polar surface area (TPSA) is 46.2 Å². The molecule has 1 N–H and O–H groups in total. The number of ketones is 1. The molecule has 1 aromatic heterocycles. The Bertz CT molecular complexity index is 601. The normalized spacial score (nSPS) is 10.1. The zero-order valence-electron chi connectivity index (χ0n) is 10.2. The summed E-state index contributed by atoms with van der Waals surface area (Å²) < 4.78 is 0. The number of nitrogens with one attached hydrogen (secondary N) is 1. The van der Waals surface area contributed by atoms with Crippen LogP contribution in [0, 0.1) is 6.92 Å². The zero-order valence-corrected chi connectivity index (χ0v) is 11.0. The van der Waals surface area contributed by atoms with Crippen molar-refractivity contribution >= 4 is 28.7 Å². The van der Waals surface area contributed by atoms with Gasteiger partial charge in [0.05, 0.1) is 4.88 Å². The summed E-state index contributed by atoms with van der Waals surface area (Å²) in [6.45, 7) is 3.40. The van der Waals surface area contributed by atoms with E-state index in [0.29, 0.717) is 16.1 Å². The second-order valence-corrected chi connectivity index (χ2v) is 4.94. The van der Waals surface area contributed by atoms with Crippen LogP contribution in [0.3, 0.4) is 0 Å². The smallest absolute Gasteiger partial charge is 0.265 e. The van der Waals surface area contributed by atoms with Crippen LogP contribution in [0.5, 0.6) is 0 Å². The minimum absolute atomic E-state index is 0.0154. The molecule has 2 rings (SSSR count). The number of carbonyl (C=O) groups excluding carboxylic acids is 2. The lowest BCUT2D eigenvalue weighted by Crippen LogP contribution is -2.11. The molecule has 4 heteroatoms. The van der Waals surface area contributed by atoms with Gasteiger partial charge in [0.25, 0.3) is 5.91 Å². The number of benzene rings is 1. The highest BCUT2D eigenvalue weighted by molar-refractivity contribution is 7.12. The van der Waals surface area contributed by atoms with Gasteiger partial charge in [-0.25, -0.2) is 0 Å². The van der Waals surface area contributed by atoms with E-state index in [4.69, 9.17) is 0 Å². The molecular formula is C14H13NO2S. The van der Waals surface area contributed by atoms with Crippen LogP contribution in [0.25, 0.3) is 0 Å². The SMILES string of the molecule is CC(=O)c1cccc(NC(=O)c2sccc2C)c1. The summed E-state index contributed by atoms with van der Waals surface area (Å²) in [6, 6.07) is 8.85. The Kier molecular flexibility index (Phi) is 3.58. The summed E-state index contributed by atoms with van der Waals surface area (Å²) >= 11 is 1.41. The van der Waals surface area contributed by atoms with Gasteiger partial charge in [0.1, 0.15) is 0 Å². The van der Waals surface area contributed by atoms with Gasteiger partial charge in [-0.2, -0.15) is 0 Å². The summed E-state index contributed by atoms with van der Waals surface area (Å²) in [7, 11) is 0. The van der Waals surface area contributed by atoms with E-state index in [1.807, 2.05) is 18.4 Å². The molecule has 1 aromatic carbocycles. The van der Waals surface area contributed by atoms with Crippen LogP contribution in [0.4, 0.5) is 5.69 Å². The fraction of sp³-hybridized carbons (Fsp3) is 0.143. The van der Waals surface area contributed by atoms with E-state index in [1.54, 1.807) is 24.3 Å². The van der Waals surface area contributed by atoms with Crippen molar-refractivity contribution in [3.8, 4) is 0 Å². The van der Waals surface area contributed by atoms with Gasteiger partial charge in [-0.1, -0.05) is 12.1 Å². The number of amides is 1. The molecule has 0 spiro atoms. The second-order valence-electron chi connectivity index (χ2n) is 4.02. The van der Waals surface area contributed by atoms with Crippen LogP contribution in [0.2, 0.25) is 0 Å². The lowest BCUT2D eigenvalue weighted by molar-refractivity contribution is 0.101. The maximum Gasteiger partial charge on any atom is 0.265 e. The van der Waals surface area contributed by atoms with Gasteiger partial charge in [0.15, 0.2) is 5.78 Å². The highest BCUT2D eigenvalue weighted by Gasteiger charge is 2.11. The van der Waals surface area contributed by atoms with Gasteiger partial charge in [0.2, 0.25) is 0 Å². The average Bonchev–Trinajstić information content (AvgIpc) is 2.76. The van der Waals surface area contributed by atoms with Crippen molar-refractivity contribution in [1.29, 1.82) is 0 Å². The zero-order chi connectivity index (χ0) is 13.1. The molecule has 1 amide bonds. The van der Waals surface area contributed by atoms with Gasteiger partial charge in [-0.3, -0.25) is 9.59 Å². The fourth-order valence-electron chi connectivity index (χ4n) is 1.61. The van der Waals surface area contributed by atoms with Gasteiger partial charge in [-0.15, -0.1) is 11.3 Å². The van der Waals surface area contributed by atoms with Gasteiger partial charge < -0.3 is 5.32 Å². The Balaban J connectivity index is 2.20. The van der Waals surface area contributed by atoms with E-state index >= 15 is 0 Å². The van der Waals surface area contributed by atoms with Crippen LogP contribution in [-0.2, 0) is 0 Å². The van der Waals surface area contributed by atoms with Crippen molar-refractivity contribution in [2.75, 3.05) is 5.32 Å². The molecule has 18 heavy (non-hydrogen) atoms. The molecule has 3 nitrogen and oxygen atoms in total. The van der Waals surface area contributed by atoms with Crippen molar-refractivity contribution in [2.24, 2.45) is 0 Å². The van der Waals surface area contributed by atoms with Gasteiger partial charge in [0, 0.05) is 11.3 Å². The van der Waals surface area contributed by atoms with Gasteiger partial charge in [-0.05, 0) is 43.0 Å². The number of rotatable bonds is 3. The fourth-order valence-corrected chi connectivity index (χ4v) is 2.43. The molecule has 0 aliphatic heterocycles. The first-order chi connectivity index (χ1) is 8.58. The Hall–Kier alpha value is -1.94. The van der Waals surface area contributed by atoms with Crippen LogP contribution < -0.4 is 5.32 Å². The Labute approximate surface area is 109 Å². The van der Waals surface area contributed by atoms with Crippen LogP contribution in [0.1, 0.15) is 32.5 Å². The Morgan fingerprint density at radius 1 is 1.22 bits per heavy atom. The number of aryl methyl sites for hydroxylation is 1. The third-order valence-electron chi connectivity index (χ3n) is 2.60. The minimum Gasteiger partial charge on any atom is -0.321 e. The number of Topliss-reactive ketones (excluding diaryl/α,β-unsaturated/α-hetero) is 1. The molecule has 0 fully saturated rings. The molecule has 0 radical (unpaired) electrons. The predicted octanol–water partition coefficient (Wildman–Crippen LogP) is 3.51. The van der Waals surface area contributed by atoms with Crippen molar-refractivity contribution < 1.29 is 9.59 Å². The van der Waals surface area contributed by atoms with E-state index < -0.39 is 0 Å². The summed E-state index contributed by atoms with van der Waals surface area (Å²) in [5.74, 6) is -0.151. The number of hydrogen-bond donors (Lipinski definition) is 1. The first-order valence-corrected chi connectivity index (χ1v) is 6.42. The molecular weight excluding hydrogens is 246 g/mol. The third-order valence-corrected chi connectivity index (χ3v) is 3.61. The summed E-state index contributed by atoms with van der Waals surface area (Å²) in [4.78, 5) is 23.9. The molecule has 0 aliphatic rings. The van der Waals surface area contributed by atoms with Crippen molar-refractivity contribution in [3.05, 3.63) is 51.7 Å². The molecule has 0 aliphatic carbocycles. The van der Waals surface area contributed by atoms with Crippen molar-refractivity contribution in [1.82, 2.24) is 0 Å². The molecule has 0 saturated carbocycles. The molecule has 2 aromatic rings. The monoisotopic (exact) mass is 259 g/mol. The quantitative estimate of drug-likeness (QED) is 0.857. The second kappa shape index (κ2) is 5.14. The molecule has 0 unspecified atom stereocenters. The van der Waals surface area contributed by atoms with Crippen molar-refractivity contribution in [3.63, 3.8) is 0 Å². The van der Waals surface area contributed by atoms with Crippen LogP contribution in [0.15, 0.2) is 35.7 Å². The summed E-state index contributed by atoms with van der Waals surface area (Å²) in [5.41, 5.74) is 2.19. The maximum absolute atomic E-state index is 12.0. The Morgan fingerprint density at radius 2 is 2.00 bits per heavy atom.